The van der Waals surface area contributed by atoms with E-state index in [0.29, 0.717) is 16.5 Å². The average Bonchev–Trinajstić information content (AvgIpc) is 3.21. The lowest BCUT2D eigenvalue weighted by Gasteiger charge is -1.99. The van der Waals surface area contributed by atoms with Gasteiger partial charge in [-0.25, -0.2) is 4.98 Å². The van der Waals surface area contributed by atoms with Crippen LogP contribution in [0.1, 0.15) is 0 Å². The molecule has 7 heteroatoms. The summed E-state index contributed by atoms with van der Waals surface area (Å²) in [6.45, 7) is 0. The smallest absolute Gasteiger partial charge is 0.188 e. The van der Waals surface area contributed by atoms with Crippen LogP contribution >= 0.6 is 22.9 Å². The minimum absolute atomic E-state index is 0.0748. The van der Waals surface area contributed by atoms with E-state index >= 15 is 0 Å². The fraction of sp³-hybridized carbons (Fsp3) is 0. The van der Waals surface area contributed by atoms with E-state index in [4.69, 9.17) is 11.6 Å². The number of imidazole rings is 1. The third-order valence-corrected chi connectivity index (χ3v) is 4.55. The number of benzene rings is 1. The lowest BCUT2D eigenvalue weighted by molar-refractivity contribution is 0.476. The van der Waals surface area contributed by atoms with Crippen LogP contribution in [-0.4, -0.2) is 14.5 Å². The molecular formula is C17H11ClN4OS. The van der Waals surface area contributed by atoms with Crippen molar-refractivity contribution in [1.82, 2.24) is 9.38 Å². The van der Waals surface area contributed by atoms with Crippen LogP contribution in [0.15, 0.2) is 70.3 Å². The van der Waals surface area contributed by atoms with E-state index in [-0.39, 0.29) is 5.75 Å². The summed E-state index contributed by atoms with van der Waals surface area (Å²) in [5.41, 5.74) is 1.85. The van der Waals surface area contributed by atoms with Crippen molar-refractivity contribution >= 4 is 40.1 Å². The van der Waals surface area contributed by atoms with Crippen LogP contribution in [0.3, 0.4) is 0 Å². The zero-order valence-electron chi connectivity index (χ0n) is 12.3. The van der Waals surface area contributed by atoms with Gasteiger partial charge in [-0.3, -0.25) is 4.40 Å². The summed E-state index contributed by atoms with van der Waals surface area (Å²) in [6, 6.07) is 14.3. The molecule has 24 heavy (non-hydrogen) atoms. The molecule has 0 fully saturated rings. The van der Waals surface area contributed by atoms with Gasteiger partial charge in [0.25, 0.3) is 0 Å². The van der Waals surface area contributed by atoms with Gasteiger partial charge in [-0.15, -0.1) is 21.6 Å². The molecule has 0 saturated heterocycles. The second kappa shape index (κ2) is 6.07. The number of thiophene rings is 1. The Bertz CT molecular complexity index is 1040. The molecule has 1 aromatic carbocycles. The second-order valence-corrected chi connectivity index (χ2v) is 6.41. The highest BCUT2D eigenvalue weighted by Gasteiger charge is 2.15. The number of phenols is 1. The van der Waals surface area contributed by atoms with Crippen LogP contribution in [0.4, 0.5) is 11.5 Å². The molecule has 0 unspecified atom stereocenters. The number of azo groups is 1. The highest BCUT2D eigenvalue weighted by Crippen LogP contribution is 2.36. The number of para-hydroxylation sites is 1. The molecule has 1 N–H and O–H groups in total. The predicted molar refractivity (Wildman–Crippen MR) is 95.8 cm³/mol. The molecule has 0 atom stereocenters. The number of hydrogen-bond acceptors (Lipinski definition) is 5. The van der Waals surface area contributed by atoms with Gasteiger partial charge in [-0.1, -0.05) is 29.8 Å². The maximum atomic E-state index is 9.85. The first kappa shape index (κ1) is 14.9. The van der Waals surface area contributed by atoms with Gasteiger partial charge in [0, 0.05) is 6.20 Å². The van der Waals surface area contributed by atoms with Crippen molar-refractivity contribution in [2.75, 3.05) is 0 Å². The van der Waals surface area contributed by atoms with E-state index in [2.05, 4.69) is 15.2 Å². The number of rotatable bonds is 3. The standard InChI is InChI=1S/C17H11ClN4OS/c18-11-7-8-15-19-16(14-6-3-9-24-14)17(22(15)10-11)21-20-12-4-1-2-5-13(12)23/h1-10,23H. The number of phenolic OH excluding ortho intramolecular Hbond substituents is 1. The monoisotopic (exact) mass is 354 g/mol. The minimum Gasteiger partial charge on any atom is -0.506 e. The van der Waals surface area contributed by atoms with Gasteiger partial charge in [-0.05, 0) is 35.7 Å². The van der Waals surface area contributed by atoms with E-state index in [1.165, 1.54) is 0 Å². The van der Waals surface area contributed by atoms with Crippen molar-refractivity contribution in [2.24, 2.45) is 10.2 Å². The molecule has 4 rings (SSSR count). The molecular weight excluding hydrogens is 344 g/mol. The van der Waals surface area contributed by atoms with E-state index in [0.717, 1.165) is 16.2 Å². The maximum Gasteiger partial charge on any atom is 0.188 e. The van der Waals surface area contributed by atoms with Crippen molar-refractivity contribution in [1.29, 1.82) is 0 Å². The van der Waals surface area contributed by atoms with Crippen molar-refractivity contribution in [2.45, 2.75) is 0 Å². The summed E-state index contributed by atoms with van der Waals surface area (Å²) in [5, 5.41) is 20.9. The van der Waals surface area contributed by atoms with E-state index in [9.17, 15) is 5.11 Å². The third kappa shape index (κ3) is 2.66. The van der Waals surface area contributed by atoms with Crippen LogP contribution < -0.4 is 0 Å². The molecule has 0 radical (unpaired) electrons. The SMILES string of the molecule is Oc1ccccc1N=Nc1c(-c2cccs2)nc2ccc(Cl)cn12. The number of hydrogen-bond donors (Lipinski definition) is 1. The molecule has 0 aliphatic heterocycles. The van der Waals surface area contributed by atoms with Crippen molar-refractivity contribution in [3.05, 3.63) is 65.1 Å². The molecule has 0 amide bonds. The Hall–Kier alpha value is -2.70. The van der Waals surface area contributed by atoms with E-state index < -0.39 is 0 Å². The van der Waals surface area contributed by atoms with Gasteiger partial charge in [0.15, 0.2) is 5.82 Å². The van der Waals surface area contributed by atoms with Crippen LogP contribution in [-0.2, 0) is 0 Å². The quantitative estimate of drug-likeness (QED) is 0.470. The molecule has 0 aliphatic carbocycles. The molecule has 5 nitrogen and oxygen atoms in total. The number of pyridine rings is 1. The van der Waals surface area contributed by atoms with Gasteiger partial charge in [-0.2, -0.15) is 0 Å². The molecule has 0 aliphatic rings. The highest BCUT2D eigenvalue weighted by atomic mass is 35.5. The van der Waals surface area contributed by atoms with E-state index in [1.807, 2.05) is 23.6 Å². The predicted octanol–water partition coefficient (Wildman–Crippen LogP) is 5.84. The summed E-state index contributed by atoms with van der Waals surface area (Å²) < 4.78 is 1.79. The van der Waals surface area contributed by atoms with Crippen molar-refractivity contribution in [3.8, 4) is 16.3 Å². The number of nitrogens with zero attached hydrogens (tertiary/aromatic N) is 4. The molecule has 0 spiro atoms. The molecule has 3 heterocycles. The normalized spacial score (nSPS) is 11.5. The lowest BCUT2D eigenvalue weighted by atomic mass is 10.3. The molecule has 3 aromatic heterocycles. The molecule has 0 saturated carbocycles. The van der Waals surface area contributed by atoms with Gasteiger partial charge in [0.1, 0.15) is 22.8 Å². The van der Waals surface area contributed by atoms with Gasteiger partial charge in [0.05, 0.1) is 9.90 Å². The summed E-state index contributed by atoms with van der Waals surface area (Å²) in [7, 11) is 0. The number of aromatic nitrogens is 2. The lowest BCUT2D eigenvalue weighted by Crippen LogP contribution is -1.82. The summed E-state index contributed by atoms with van der Waals surface area (Å²) in [4.78, 5) is 5.62. The van der Waals surface area contributed by atoms with Gasteiger partial charge >= 0.3 is 0 Å². The van der Waals surface area contributed by atoms with Gasteiger partial charge < -0.3 is 5.11 Å². The Morgan fingerprint density at radius 3 is 2.71 bits per heavy atom. The molecule has 0 bridgehead atoms. The average molecular weight is 355 g/mol. The Morgan fingerprint density at radius 1 is 1.04 bits per heavy atom. The largest absolute Gasteiger partial charge is 0.506 e. The fourth-order valence-electron chi connectivity index (χ4n) is 2.33. The zero-order valence-corrected chi connectivity index (χ0v) is 13.9. The van der Waals surface area contributed by atoms with Crippen molar-refractivity contribution < 1.29 is 5.11 Å². The summed E-state index contributed by atoms with van der Waals surface area (Å²) in [6.07, 6.45) is 1.75. The zero-order chi connectivity index (χ0) is 16.5. The Kier molecular flexibility index (Phi) is 3.76. The van der Waals surface area contributed by atoms with Crippen molar-refractivity contribution in [3.63, 3.8) is 0 Å². The summed E-state index contributed by atoms with van der Waals surface area (Å²) in [5.74, 6) is 0.643. The van der Waals surface area contributed by atoms with Gasteiger partial charge in [0.2, 0.25) is 0 Å². The molecule has 4 aromatic rings. The fourth-order valence-corrected chi connectivity index (χ4v) is 3.20. The van der Waals surface area contributed by atoms with Crippen LogP contribution in [0, 0.1) is 0 Å². The minimum atomic E-state index is 0.0748. The van der Waals surface area contributed by atoms with Crippen LogP contribution in [0.5, 0.6) is 5.75 Å². The Balaban J connectivity index is 1.90. The second-order valence-electron chi connectivity index (χ2n) is 5.03. The Morgan fingerprint density at radius 2 is 1.92 bits per heavy atom. The number of aromatic hydroxyl groups is 1. The van der Waals surface area contributed by atoms with E-state index in [1.54, 1.807) is 52.3 Å². The third-order valence-electron chi connectivity index (χ3n) is 3.45. The highest BCUT2D eigenvalue weighted by molar-refractivity contribution is 7.13. The van der Waals surface area contributed by atoms with Crippen LogP contribution in [0.2, 0.25) is 5.02 Å². The first-order valence-electron chi connectivity index (χ1n) is 7.13. The number of halogens is 1. The first-order chi connectivity index (χ1) is 11.7. The first-order valence-corrected chi connectivity index (χ1v) is 8.39. The maximum absolute atomic E-state index is 9.85. The van der Waals surface area contributed by atoms with Crippen LogP contribution in [0.25, 0.3) is 16.2 Å². The molecule has 118 valence electrons. The summed E-state index contributed by atoms with van der Waals surface area (Å²) >= 11 is 7.68. The Labute approximate surface area is 146 Å². The topological polar surface area (TPSA) is 62.2 Å². The number of fused-ring (bicyclic) bond motifs is 1.